The minimum atomic E-state index is -3.83. The van der Waals surface area contributed by atoms with Crippen molar-refractivity contribution < 1.29 is 17.2 Å². The van der Waals surface area contributed by atoms with E-state index < -0.39 is 21.7 Å². The highest BCUT2D eigenvalue weighted by Crippen LogP contribution is 2.20. The Morgan fingerprint density at radius 2 is 1.91 bits per heavy atom. The molecule has 8 heteroatoms. The first-order valence-electron chi connectivity index (χ1n) is 6.32. The highest BCUT2D eigenvalue weighted by atomic mass is 32.2. The highest BCUT2D eigenvalue weighted by Gasteiger charge is 2.19. The molecule has 3 rings (SSSR count). The van der Waals surface area contributed by atoms with E-state index in [4.69, 9.17) is 0 Å². The zero-order valence-electron chi connectivity index (χ0n) is 11.2. The van der Waals surface area contributed by atoms with Crippen LogP contribution in [0, 0.1) is 11.6 Å². The molecule has 114 valence electrons. The molecule has 2 aromatic heterocycles. The summed E-state index contributed by atoms with van der Waals surface area (Å²) in [5.41, 5.74) is 0.638. The fraction of sp³-hybridized carbons (Fsp3) is 0.0714. The molecule has 2 heterocycles. The Balaban J connectivity index is 1.87. The van der Waals surface area contributed by atoms with Gasteiger partial charge in [0.25, 0.3) is 0 Å². The molecular formula is C14H11F2N3O2S. The molecule has 22 heavy (non-hydrogen) atoms. The lowest BCUT2D eigenvalue weighted by molar-refractivity contribution is 0.571. The summed E-state index contributed by atoms with van der Waals surface area (Å²) in [5.74, 6) is -1.52. The number of aromatic nitrogens is 2. The molecule has 0 fully saturated rings. The lowest BCUT2D eigenvalue weighted by Gasteiger charge is -2.06. The summed E-state index contributed by atoms with van der Waals surface area (Å²) in [7, 11) is -3.83. The maximum absolute atomic E-state index is 13.1. The van der Waals surface area contributed by atoms with Crippen molar-refractivity contribution in [1.29, 1.82) is 0 Å². The summed E-state index contributed by atoms with van der Waals surface area (Å²) in [4.78, 5) is 6.81. The van der Waals surface area contributed by atoms with Gasteiger partial charge in [0.05, 0.1) is 0 Å². The number of rotatable bonds is 4. The maximum atomic E-state index is 13.1. The SMILES string of the molecule is O=S(=O)(NCc1cc(F)cc(F)c1)c1c[nH]c2ncccc12. The van der Waals surface area contributed by atoms with Crippen LogP contribution in [0.5, 0.6) is 0 Å². The zero-order valence-corrected chi connectivity index (χ0v) is 12.0. The van der Waals surface area contributed by atoms with Gasteiger partial charge in [-0.3, -0.25) is 0 Å². The highest BCUT2D eigenvalue weighted by molar-refractivity contribution is 7.89. The van der Waals surface area contributed by atoms with Gasteiger partial charge in [-0.2, -0.15) is 0 Å². The fourth-order valence-electron chi connectivity index (χ4n) is 2.12. The first kappa shape index (κ1) is 14.6. The molecular weight excluding hydrogens is 312 g/mol. The second-order valence-corrected chi connectivity index (χ2v) is 6.39. The first-order valence-corrected chi connectivity index (χ1v) is 7.81. The third-order valence-electron chi connectivity index (χ3n) is 3.09. The van der Waals surface area contributed by atoms with Crippen LogP contribution in [0.3, 0.4) is 0 Å². The summed E-state index contributed by atoms with van der Waals surface area (Å²) in [6, 6.07) is 6.11. The standard InChI is InChI=1S/C14H11F2N3O2S/c15-10-4-9(5-11(16)6-10)7-19-22(20,21)13-8-18-14-12(13)2-1-3-17-14/h1-6,8,19H,7H2,(H,17,18). The van der Waals surface area contributed by atoms with Gasteiger partial charge >= 0.3 is 0 Å². The van der Waals surface area contributed by atoms with Gasteiger partial charge < -0.3 is 4.98 Å². The zero-order chi connectivity index (χ0) is 15.7. The number of H-pyrrole nitrogens is 1. The second kappa shape index (κ2) is 5.47. The van der Waals surface area contributed by atoms with E-state index in [0.29, 0.717) is 11.0 Å². The van der Waals surface area contributed by atoms with E-state index >= 15 is 0 Å². The maximum Gasteiger partial charge on any atom is 0.243 e. The molecule has 0 saturated carbocycles. The minimum absolute atomic E-state index is 0.0347. The minimum Gasteiger partial charge on any atom is -0.345 e. The molecule has 0 aliphatic rings. The molecule has 0 unspecified atom stereocenters. The number of sulfonamides is 1. The van der Waals surface area contributed by atoms with Crippen LogP contribution < -0.4 is 4.72 Å². The largest absolute Gasteiger partial charge is 0.345 e. The summed E-state index contributed by atoms with van der Waals surface area (Å²) in [5, 5.41) is 0.445. The van der Waals surface area contributed by atoms with Crippen molar-refractivity contribution >= 4 is 21.1 Å². The number of pyridine rings is 1. The molecule has 0 amide bonds. The number of hydrogen-bond acceptors (Lipinski definition) is 3. The molecule has 0 atom stereocenters. The van der Waals surface area contributed by atoms with Gasteiger partial charge in [0.2, 0.25) is 10.0 Å². The quantitative estimate of drug-likeness (QED) is 0.774. The van der Waals surface area contributed by atoms with Gasteiger partial charge in [-0.15, -0.1) is 0 Å². The van der Waals surface area contributed by atoms with Crippen LogP contribution in [0.25, 0.3) is 11.0 Å². The van der Waals surface area contributed by atoms with Crippen molar-refractivity contribution in [3.05, 3.63) is 59.9 Å². The van der Waals surface area contributed by atoms with Gasteiger partial charge in [0.1, 0.15) is 22.2 Å². The van der Waals surface area contributed by atoms with Crippen molar-refractivity contribution in [2.75, 3.05) is 0 Å². The van der Waals surface area contributed by atoms with E-state index in [0.717, 1.165) is 18.2 Å². The van der Waals surface area contributed by atoms with Gasteiger partial charge in [-0.25, -0.2) is 26.9 Å². The Hall–Kier alpha value is -2.32. The van der Waals surface area contributed by atoms with Crippen molar-refractivity contribution in [2.24, 2.45) is 0 Å². The molecule has 0 saturated heterocycles. The number of nitrogens with zero attached hydrogens (tertiary/aromatic N) is 1. The summed E-state index contributed by atoms with van der Waals surface area (Å²) >= 11 is 0. The normalized spacial score (nSPS) is 11.9. The van der Waals surface area contributed by atoms with Crippen molar-refractivity contribution in [3.63, 3.8) is 0 Å². The van der Waals surface area contributed by atoms with Crippen molar-refractivity contribution in [2.45, 2.75) is 11.4 Å². The third-order valence-corrected chi connectivity index (χ3v) is 4.53. The second-order valence-electron chi connectivity index (χ2n) is 4.65. The van der Waals surface area contributed by atoms with Crippen LogP contribution in [0.4, 0.5) is 8.78 Å². The number of fused-ring (bicyclic) bond motifs is 1. The van der Waals surface area contributed by atoms with E-state index in [2.05, 4.69) is 14.7 Å². The molecule has 0 bridgehead atoms. The average molecular weight is 323 g/mol. The molecule has 3 aromatic rings. The Kier molecular flexibility index (Phi) is 3.63. The van der Waals surface area contributed by atoms with E-state index in [1.54, 1.807) is 12.1 Å². The van der Waals surface area contributed by atoms with Crippen LogP contribution in [0.1, 0.15) is 5.56 Å². The summed E-state index contributed by atoms with van der Waals surface area (Å²) in [6.07, 6.45) is 2.87. The van der Waals surface area contributed by atoms with Crippen LogP contribution in [-0.4, -0.2) is 18.4 Å². The Labute approximate surface area is 125 Å². The summed E-state index contributed by atoms with van der Waals surface area (Å²) in [6.45, 7) is -0.218. The molecule has 0 aliphatic heterocycles. The average Bonchev–Trinajstić information content (AvgIpc) is 2.89. The van der Waals surface area contributed by atoms with Gasteiger partial charge in [-0.05, 0) is 29.8 Å². The van der Waals surface area contributed by atoms with Crippen LogP contribution in [-0.2, 0) is 16.6 Å². The molecule has 0 spiro atoms. The number of nitrogens with one attached hydrogen (secondary N) is 2. The van der Waals surface area contributed by atoms with Crippen LogP contribution in [0.2, 0.25) is 0 Å². The fourth-order valence-corrected chi connectivity index (χ4v) is 3.30. The van der Waals surface area contributed by atoms with E-state index in [1.807, 2.05) is 0 Å². The molecule has 1 aromatic carbocycles. The van der Waals surface area contributed by atoms with Crippen LogP contribution >= 0.6 is 0 Å². The molecule has 2 N–H and O–H groups in total. The van der Waals surface area contributed by atoms with Gasteiger partial charge in [-0.1, -0.05) is 0 Å². The topological polar surface area (TPSA) is 74.8 Å². The number of hydrogen-bond donors (Lipinski definition) is 2. The first-order chi connectivity index (χ1) is 10.5. The van der Waals surface area contributed by atoms with Gasteiger partial charge in [0.15, 0.2) is 0 Å². The monoisotopic (exact) mass is 323 g/mol. The van der Waals surface area contributed by atoms with Crippen LogP contribution in [0.15, 0.2) is 47.6 Å². The molecule has 0 radical (unpaired) electrons. The number of aromatic amines is 1. The Bertz CT molecular complexity index is 918. The predicted octanol–water partition coefficient (Wildman–Crippen LogP) is 2.32. The van der Waals surface area contributed by atoms with Gasteiger partial charge in [0, 0.05) is 30.4 Å². The lowest BCUT2D eigenvalue weighted by atomic mass is 10.2. The smallest absolute Gasteiger partial charge is 0.243 e. The van der Waals surface area contributed by atoms with E-state index in [1.165, 1.54) is 12.4 Å². The summed E-state index contributed by atoms with van der Waals surface area (Å²) < 4.78 is 53.1. The molecule has 0 aliphatic carbocycles. The third kappa shape index (κ3) is 2.83. The number of benzene rings is 1. The van der Waals surface area contributed by atoms with Crippen molar-refractivity contribution in [3.8, 4) is 0 Å². The molecule has 5 nitrogen and oxygen atoms in total. The van der Waals surface area contributed by atoms with Crippen molar-refractivity contribution in [1.82, 2.24) is 14.7 Å². The predicted molar refractivity (Wildman–Crippen MR) is 76.5 cm³/mol. The van der Waals surface area contributed by atoms with E-state index in [-0.39, 0.29) is 17.0 Å². The van der Waals surface area contributed by atoms with E-state index in [9.17, 15) is 17.2 Å². The number of halogens is 2. The lowest BCUT2D eigenvalue weighted by Crippen LogP contribution is -2.23. The Morgan fingerprint density at radius 3 is 2.64 bits per heavy atom. The Morgan fingerprint density at radius 1 is 1.18 bits per heavy atom.